The van der Waals surface area contributed by atoms with Gasteiger partial charge < -0.3 is 0 Å². The molecule has 0 N–H and O–H groups in total. The van der Waals surface area contributed by atoms with Gasteiger partial charge in [0.05, 0.1) is 6.16 Å². The molecule has 0 heterocycles. The Balaban J connectivity index is 0.000000527. The summed E-state index contributed by atoms with van der Waals surface area (Å²) in [6.07, 6.45) is 1.01. The molecule has 0 aliphatic heterocycles. The standard InChI is InChI=1S/C29H24P.4ClH.Fe/c1-4-16-26(17-5-1)30(27-18-6-2-7-19-27,28-20-8-3-9-21-28)23-25-15-12-14-24-13-10-11-22-29(24)25;;;;;/h1-22H,23H2;4*1H;/q+1;;;;;+3/p-4. The third kappa shape index (κ3) is 6.82. The number of benzene rings is 5. The Kier molecular flexibility index (Phi) is 9.20. The van der Waals surface area contributed by atoms with Crippen LogP contribution in [0.1, 0.15) is 5.56 Å². The Bertz CT molecular complexity index is 1250. The van der Waals surface area contributed by atoms with Gasteiger partial charge in [0.15, 0.2) is 0 Å². The van der Waals surface area contributed by atoms with Gasteiger partial charge in [0.1, 0.15) is 23.2 Å². The van der Waals surface area contributed by atoms with E-state index in [9.17, 15) is 0 Å². The minimum Gasteiger partial charge on any atom is -0.0620 e. The predicted molar refractivity (Wildman–Crippen MR) is 156 cm³/mol. The fourth-order valence-corrected chi connectivity index (χ4v) is 8.73. The molecule has 0 aliphatic carbocycles. The van der Waals surface area contributed by atoms with Crippen LogP contribution in [-0.2, 0) is 15.4 Å². The SMILES string of the molecule is [Cl][Fe-]([Cl])([Cl])[Cl].c1ccc([P+](Cc2cccc3ccccc23)(c2ccccc2)c2ccccc2)cc1. The van der Waals surface area contributed by atoms with E-state index in [0.29, 0.717) is 0 Å². The molecule has 181 valence electrons. The van der Waals surface area contributed by atoms with Crippen LogP contribution in [0.4, 0.5) is 0 Å². The molecule has 0 aliphatic rings. The zero-order valence-corrected chi connectivity index (χ0v) is 23.7. The Morgan fingerprint density at radius 3 is 1.29 bits per heavy atom. The van der Waals surface area contributed by atoms with Crippen molar-refractivity contribution in [3.8, 4) is 0 Å². The molecule has 5 aromatic rings. The zero-order valence-electron chi connectivity index (χ0n) is 18.7. The van der Waals surface area contributed by atoms with E-state index in [0.717, 1.165) is 6.16 Å². The first-order chi connectivity index (χ1) is 16.9. The number of hydrogen-bond donors (Lipinski definition) is 0. The van der Waals surface area contributed by atoms with E-state index in [2.05, 4.69) is 133 Å². The van der Waals surface area contributed by atoms with Crippen LogP contribution in [0.5, 0.6) is 0 Å². The summed E-state index contributed by atoms with van der Waals surface area (Å²) < 4.78 is 0. The maximum absolute atomic E-state index is 4.95. The van der Waals surface area contributed by atoms with Gasteiger partial charge in [-0.15, -0.1) is 0 Å². The molecule has 5 rings (SSSR count). The van der Waals surface area contributed by atoms with Crippen LogP contribution in [0.15, 0.2) is 133 Å². The molecule has 0 nitrogen and oxygen atoms in total. The maximum atomic E-state index is 4.95. The number of rotatable bonds is 5. The topological polar surface area (TPSA) is 0 Å². The maximum Gasteiger partial charge on any atom is 0.116 e. The third-order valence-electron chi connectivity index (χ3n) is 5.88. The average molecular weight is 601 g/mol. The van der Waals surface area contributed by atoms with E-state index in [1.807, 2.05) is 0 Å². The first-order valence-corrected chi connectivity index (χ1v) is 19.0. The molecule has 0 bridgehead atoms. The second-order valence-electron chi connectivity index (χ2n) is 7.92. The van der Waals surface area contributed by atoms with Crippen LogP contribution >= 0.6 is 47.7 Å². The van der Waals surface area contributed by atoms with Gasteiger partial charge in [-0.1, -0.05) is 97.1 Å². The van der Waals surface area contributed by atoms with Crippen LogP contribution in [0.25, 0.3) is 10.8 Å². The molecule has 0 saturated heterocycles. The zero-order chi connectivity index (χ0) is 24.7. The van der Waals surface area contributed by atoms with Crippen molar-refractivity contribution in [2.24, 2.45) is 0 Å². The van der Waals surface area contributed by atoms with Crippen molar-refractivity contribution in [2.45, 2.75) is 6.16 Å². The Morgan fingerprint density at radius 1 is 0.457 bits per heavy atom. The second kappa shape index (κ2) is 12.1. The molecule has 0 spiro atoms. The van der Waals surface area contributed by atoms with Gasteiger partial charge in [0.2, 0.25) is 0 Å². The Labute approximate surface area is 227 Å². The first-order valence-electron chi connectivity index (χ1n) is 10.9. The number of hydrogen-bond acceptors (Lipinski definition) is 0. The van der Waals surface area contributed by atoms with Gasteiger partial charge in [-0.25, -0.2) is 0 Å². The smallest absolute Gasteiger partial charge is 0.0620 e. The van der Waals surface area contributed by atoms with Gasteiger partial charge in [-0.2, -0.15) is 0 Å². The van der Waals surface area contributed by atoms with E-state index in [1.165, 1.54) is 32.2 Å². The summed E-state index contributed by atoms with van der Waals surface area (Å²) in [5, 5.41) is 6.94. The van der Waals surface area contributed by atoms with Gasteiger partial charge in [-0.3, -0.25) is 0 Å². The van der Waals surface area contributed by atoms with E-state index in [-0.39, 0.29) is 0 Å². The number of halogens is 4. The third-order valence-corrected chi connectivity index (χ3v) is 10.2. The summed E-state index contributed by atoms with van der Waals surface area (Å²) >= 11 is 0. The Hall–Kier alpha value is -1.53. The fourth-order valence-electron chi connectivity index (χ4n) is 4.45. The van der Waals surface area contributed by atoms with Crippen molar-refractivity contribution in [2.75, 3.05) is 0 Å². The summed E-state index contributed by atoms with van der Waals surface area (Å²) in [5.74, 6) is 0. The van der Waals surface area contributed by atoms with Crippen molar-refractivity contribution in [3.05, 3.63) is 139 Å². The average Bonchev–Trinajstić information content (AvgIpc) is 2.88. The molecule has 0 fully saturated rings. The van der Waals surface area contributed by atoms with Crippen molar-refractivity contribution < 1.29 is 9.20 Å². The normalized spacial score (nSPS) is 12.0. The first kappa shape index (κ1) is 26.5. The van der Waals surface area contributed by atoms with E-state index >= 15 is 0 Å². The van der Waals surface area contributed by atoms with Crippen LogP contribution in [0, 0.1) is 0 Å². The van der Waals surface area contributed by atoms with Gasteiger partial charge >= 0.3 is 49.6 Å². The summed E-state index contributed by atoms with van der Waals surface area (Å²) in [6.45, 7) is 0. The summed E-state index contributed by atoms with van der Waals surface area (Å²) in [5.41, 5.74) is 1.41. The van der Waals surface area contributed by atoms with Crippen molar-refractivity contribution in [1.82, 2.24) is 0 Å². The van der Waals surface area contributed by atoms with Crippen molar-refractivity contribution in [1.29, 1.82) is 0 Å². The van der Waals surface area contributed by atoms with Gasteiger partial charge in [0, 0.05) is 0 Å². The van der Waals surface area contributed by atoms with Gasteiger partial charge in [-0.05, 0) is 52.7 Å². The monoisotopic (exact) mass is 599 g/mol. The van der Waals surface area contributed by atoms with E-state index in [4.69, 9.17) is 40.4 Å². The van der Waals surface area contributed by atoms with Gasteiger partial charge in [0.25, 0.3) is 0 Å². The molecule has 0 radical (unpaired) electrons. The molecule has 0 saturated carbocycles. The molecule has 5 aromatic carbocycles. The molecular weight excluding hydrogens is 577 g/mol. The van der Waals surface area contributed by atoms with Crippen LogP contribution in [0.2, 0.25) is 0 Å². The predicted octanol–water partition coefficient (Wildman–Crippen LogP) is 9.09. The molecule has 6 heteroatoms. The van der Waals surface area contributed by atoms with Crippen molar-refractivity contribution >= 4 is 74.3 Å². The van der Waals surface area contributed by atoms with E-state index in [1.54, 1.807) is 0 Å². The second-order valence-corrected chi connectivity index (χ2v) is 22.3. The van der Waals surface area contributed by atoms with E-state index < -0.39 is 16.5 Å². The summed E-state index contributed by atoms with van der Waals surface area (Å²) in [7, 11) is 15.3. The number of fused-ring (bicyclic) bond motifs is 1. The quantitative estimate of drug-likeness (QED) is 0.139. The minimum atomic E-state index is -2.61. The molecule has 0 atom stereocenters. The molecule has 0 unspecified atom stereocenters. The molecule has 0 aromatic heterocycles. The molecule has 35 heavy (non-hydrogen) atoms. The van der Waals surface area contributed by atoms with Crippen LogP contribution in [-0.4, -0.2) is 0 Å². The largest absolute Gasteiger partial charge is 0.116 e. The van der Waals surface area contributed by atoms with Crippen LogP contribution in [0.3, 0.4) is 0 Å². The molecular formula is C29H24Cl4FeP. The van der Waals surface area contributed by atoms with Crippen LogP contribution < -0.4 is 15.9 Å². The fraction of sp³-hybridized carbons (Fsp3) is 0.0345. The summed E-state index contributed by atoms with van der Waals surface area (Å²) in [6, 6.07) is 48.8. The minimum absolute atomic E-state index is 1.01. The molecule has 0 amide bonds. The van der Waals surface area contributed by atoms with Crippen molar-refractivity contribution in [3.63, 3.8) is 0 Å². The Morgan fingerprint density at radius 2 is 0.829 bits per heavy atom. The summed E-state index contributed by atoms with van der Waals surface area (Å²) in [4.78, 5) is 0.